The molecule has 0 spiro atoms. The minimum Gasteiger partial charge on any atom is -0.507 e. The summed E-state index contributed by atoms with van der Waals surface area (Å²) in [5, 5.41) is 16.7. The molecule has 0 unspecified atom stereocenters. The van der Waals surface area contributed by atoms with E-state index in [9.17, 15) is 14.7 Å². The van der Waals surface area contributed by atoms with Crippen molar-refractivity contribution in [2.75, 3.05) is 6.61 Å². The Kier molecular flexibility index (Phi) is 6.81. The number of H-pyrrole nitrogens is 1. The van der Waals surface area contributed by atoms with E-state index < -0.39 is 11.8 Å². The number of nitrogens with zero attached hydrogens (tertiary/aromatic N) is 2. The number of hydrogen-bond acceptors (Lipinski definition) is 6. The van der Waals surface area contributed by atoms with Crippen molar-refractivity contribution in [2.45, 2.75) is 19.9 Å². The minimum atomic E-state index is -0.614. The topological polar surface area (TPSA) is 121 Å². The van der Waals surface area contributed by atoms with Crippen LogP contribution in [0.5, 0.6) is 11.5 Å². The molecule has 10 heteroatoms. The third-order valence-electron chi connectivity index (χ3n) is 4.21. The summed E-state index contributed by atoms with van der Waals surface area (Å²) in [6.45, 7) is 2.75. The molecule has 3 rings (SSSR count). The number of carbonyl (C=O) groups excluding carboxylic acids is 2. The first-order valence-corrected chi connectivity index (χ1v) is 9.66. The number of para-hydroxylation sites is 1. The second-order valence-corrected chi connectivity index (χ2v) is 6.62. The quantitative estimate of drug-likeness (QED) is 0.340. The molecule has 0 aliphatic carbocycles. The molecule has 0 fully saturated rings. The number of phenolic OH excluding ortho intramolecular Hbond substituents is 1. The molecule has 0 saturated heterocycles. The fourth-order valence-electron chi connectivity index (χ4n) is 2.75. The Labute approximate surface area is 177 Å². The minimum absolute atomic E-state index is 0.0545. The Bertz CT molecular complexity index is 1090. The first-order valence-electron chi connectivity index (χ1n) is 9.25. The van der Waals surface area contributed by atoms with Gasteiger partial charge in [-0.25, -0.2) is 0 Å². The molecule has 30 heavy (non-hydrogen) atoms. The lowest BCUT2D eigenvalue weighted by molar-refractivity contribution is -0.122. The maximum absolute atomic E-state index is 12.2. The summed E-state index contributed by atoms with van der Waals surface area (Å²) in [5.41, 5.74) is 5.49. The Balaban J connectivity index is 1.60. The molecule has 4 N–H and O–H groups in total. The van der Waals surface area contributed by atoms with E-state index in [-0.39, 0.29) is 24.3 Å². The van der Waals surface area contributed by atoms with Gasteiger partial charge in [-0.1, -0.05) is 12.1 Å². The van der Waals surface area contributed by atoms with Crippen LogP contribution in [0.4, 0.5) is 0 Å². The molecule has 0 radical (unpaired) electrons. The number of carbonyl (C=O) groups is 2. The van der Waals surface area contributed by atoms with Crippen molar-refractivity contribution in [1.29, 1.82) is 0 Å². The SMILES string of the molecule is CCOc1ccc(-c2n[nH]c(=S)n2CCC(=O)NNC(=O)c2ccccc2O)cc1. The lowest BCUT2D eigenvalue weighted by atomic mass is 10.2. The van der Waals surface area contributed by atoms with Crippen molar-refractivity contribution in [2.24, 2.45) is 0 Å². The van der Waals surface area contributed by atoms with E-state index in [1.54, 1.807) is 16.7 Å². The summed E-state index contributed by atoms with van der Waals surface area (Å²) < 4.78 is 7.52. The molecule has 9 nitrogen and oxygen atoms in total. The molecular formula is C20H21N5O4S. The summed E-state index contributed by atoms with van der Waals surface area (Å²) in [4.78, 5) is 24.2. The zero-order valence-electron chi connectivity index (χ0n) is 16.2. The van der Waals surface area contributed by atoms with E-state index in [0.717, 1.165) is 11.3 Å². The Morgan fingerprint density at radius 2 is 1.90 bits per heavy atom. The average molecular weight is 427 g/mol. The molecule has 0 bridgehead atoms. The van der Waals surface area contributed by atoms with Gasteiger partial charge < -0.3 is 9.84 Å². The molecular weight excluding hydrogens is 406 g/mol. The van der Waals surface area contributed by atoms with Gasteiger partial charge in [0.25, 0.3) is 5.91 Å². The molecule has 0 saturated carbocycles. The van der Waals surface area contributed by atoms with Crippen molar-refractivity contribution in [3.05, 3.63) is 58.9 Å². The number of aromatic nitrogens is 3. The monoisotopic (exact) mass is 427 g/mol. The highest BCUT2D eigenvalue weighted by atomic mass is 32.1. The Morgan fingerprint density at radius 1 is 1.17 bits per heavy atom. The number of aromatic amines is 1. The van der Waals surface area contributed by atoms with Crippen LogP contribution in [0.1, 0.15) is 23.7 Å². The van der Waals surface area contributed by atoms with Gasteiger partial charge in [0.2, 0.25) is 5.91 Å². The highest BCUT2D eigenvalue weighted by Gasteiger charge is 2.13. The van der Waals surface area contributed by atoms with Gasteiger partial charge in [0.05, 0.1) is 12.2 Å². The number of hydrazine groups is 1. The van der Waals surface area contributed by atoms with Gasteiger partial charge in [-0.05, 0) is 55.5 Å². The van der Waals surface area contributed by atoms with E-state index in [1.165, 1.54) is 12.1 Å². The summed E-state index contributed by atoms with van der Waals surface area (Å²) in [7, 11) is 0. The van der Waals surface area contributed by atoms with E-state index in [2.05, 4.69) is 21.0 Å². The maximum Gasteiger partial charge on any atom is 0.273 e. The first kappa shape index (κ1) is 21.1. The van der Waals surface area contributed by atoms with Crippen molar-refractivity contribution in [1.82, 2.24) is 25.6 Å². The number of phenols is 1. The van der Waals surface area contributed by atoms with Crippen LogP contribution in [0.15, 0.2) is 48.5 Å². The van der Waals surface area contributed by atoms with Crippen LogP contribution in [-0.4, -0.2) is 38.3 Å². The third kappa shape index (κ3) is 5.03. The highest BCUT2D eigenvalue weighted by Crippen LogP contribution is 2.21. The molecule has 1 heterocycles. The molecule has 1 aromatic heterocycles. The molecule has 0 atom stereocenters. The average Bonchev–Trinajstić information content (AvgIpc) is 3.12. The van der Waals surface area contributed by atoms with Gasteiger partial charge in [-0.2, -0.15) is 5.10 Å². The number of aromatic hydroxyl groups is 1. The van der Waals surface area contributed by atoms with E-state index in [4.69, 9.17) is 17.0 Å². The summed E-state index contributed by atoms with van der Waals surface area (Å²) in [5.74, 6) is 0.139. The molecule has 2 aromatic carbocycles. The normalized spacial score (nSPS) is 10.4. The number of ether oxygens (including phenoxy) is 1. The van der Waals surface area contributed by atoms with Crippen molar-refractivity contribution < 1.29 is 19.4 Å². The summed E-state index contributed by atoms with van der Waals surface area (Å²) in [6.07, 6.45) is 0.0545. The molecule has 0 aliphatic heterocycles. The second kappa shape index (κ2) is 9.70. The summed E-state index contributed by atoms with van der Waals surface area (Å²) in [6, 6.07) is 13.4. The largest absolute Gasteiger partial charge is 0.507 e. The van der Waals surface area contributed by atoms with Gasteiger partial charge in [-0.15, -0.1) is 0 Å². The van der Waals surface area contributed by atoms with Crippen LogP contribution in [0, 0.1) is 4.77 Å². The second-order valence-electron chi connectivity index (χ2n) is 6.23. The van der Waals surface area contributed by atoms with Gasteiger partial charge >= 0.3 is 0 Å². The van der Waals surface area contributed by atoms with E-state index in [1.807, 2.05) is 31.2 Å². The zero-order chi connectivity index (χ0) is 21.5. The Morgan fingerprint density at radius 3 is 2.60 bits per heavy atom. The first-order chi connectivity index (χ1) is 14.5. The predicted molar refractivity (Wildman–Crippen MR) is 112 cm³/mol. The Hall–Kier alpha value is -3.66. The zero-order valence-corrected chi connectivity index (χ0v) is 17.0. The van der Waals surface area contributed by atoms with Crippen molar-refractivity contribution in [3.8, 4) is 22.9 Å². The van der Waals surface area contributed by atoms with Crippen LogP contribution in [0.2, 0.25) is 0 Å². The lowest BCUT2D eigenvalue weighted by Crippen LogP contribution is -2.41. The fourth-order valence-corrected chi connectivity index (χ4v) is 2.97. The number of amides is 2. The number of rotatable bonds is 7. The van der Waals surface area contributed by atoms with Gasteiger partial charge in [0.15, 0.2) is 10.6 Å². The molecule has 3 aromatic rings. The molecule has 0 aliphatic rings. The van der Waals surface area contributed by atoms with Crippen molar-refractivity contribution >= 4 is 24.0 Å². The standard InChI is InChI=1S/C20H21N5O4S/c1-2-29-14-9-7-13(8-10-14)18-22-24-20(30)25(18)12-11-17(27)21-23-19(28)15-5-3-4-6-16(15)26/h3-10,26H,2,11-12H2,1H3,(H,21,27)(H,23,28)(H,24,30). The van der Waals surface area contributed by atoms with Crippen LogP contribution < -0.4 is 15.6 Å². The van der Waals surface area contributed by atoms with Crippen LogP contribution in [0.3, 0.4) is 0 Å². The van der Waals surface area contributed by atoms with Gasteiger partial charge in [0, 0.05) is 18.5 Å². The molecule has 2 amide bonds. The number of benzene rings is 2. The lowest BCUT2D eigenvalue weighted by Gasteiger charge is -2.10. The van der Waals surface area contributed by atoms with E-state index in [0.29, 0.717) is 17.2 Å². The smallest absolute Gasteiger partial charge is 0.273 e. The summed E-state index contributed by atoms with van der Waals surface area (Å²) >= 11 is 5.27. The van der Waals surface area contributed by atoms with Gasteiger partial charge in [0.1, 0.15) is 11.5 Å². The van der Waals surface area contributed by atoms with Crippen LogP contribution in [-0.2, 0) is 11.3 Å². The fraction of sp³-hybridized carbons (Fsp3) is 0.200. The van der Waals surface area contributed by atoms with Crippen LogP contribution in [0.25, 0.3) is 11.4 Å². The van der Waals surface area contributed by atoms with Crippen LogP contribution >= 0.6 is 12.2 Å². The third-order valence-corrected chi connectivity index (χ3v) is 4.52. The van der Waals surface area contributed by atoms with E-state index >= 15 is 0 Å². The molecule has 156 valence electrons. The number of hydrogen-bond donors (Lipinski definition) is 4. The van der Waals surface area contributed by atoms with Crippen molar-refractivity contribution in [3.63, 3.8) is 0 Å². The number of nitrogens with one attached hydrogen (secondary N) is 3. The maximum atomic E-state index is 12.2. The highest BCUT2D eigenvalue weighted by molar-refractivity contribution is 7.71. The predicted octanol–water partition coefficient (Wildman–Crippen LogP) is 2.56. The van der Waals surface area contributed by atoms with Gasteiger partial charge in [-0.3, -0.25) is 30.1 Å².